The summed E-state index contributed by atoms with van der Waals surface area (Å²) in [6, 6.07) is 11.1. The van der Waals surface area contributed by atoms with Gasteiger partial charge in [0, 0.05) is 10.4 Å². The summed E-state index contributed by atoms with van der Waals surface area (Å²) in [6.07, 6.45) is -1.03. The van der Waals surface area contributed by atoms with E-state index in [0.29, 0.717) is 33.7 Å². The number of halogens is 2. The lowest BCUT2D eigenvalue weighted by Crippen LogP contribution is -2.30. The lowest BCUT2D eigenvalue weighted by molar-refractivity contribution is -0.123. The number of amides is 1. The Morgan fingerprint density at radius 3 is 2.57 bits per heavy atom. The first-order valence-corrected chi connectivity index (χ1v) is 10.6. The Hall–Kier alpha value is -2.61. The molecule has 3 rings (SSSR count). The van der Waals surface area contributed by atoms with Gasteiger partial charge in [-0.2, -0.15) is 0 Å². The second-order valence-corrected chi connectivity index (χ2v) is 8.24. The van der Waals surface area contributed by atoms with Gasteiger partial charge in [-0.05, 0) is 56.3 Å². The van der Waals surface area contributed by atoms with Crippen molar-refractivity contribution in [2.75, 3.05) is 5.32 Å². The van der Waals surface area contributed by atoms with Crippen molar-refractivity contribution < 1.29 is 19.1 Å². The molecule has 2 aromatic carbocycles. The minimum Gasteiger partial charge on any atom is -0.487 e. The highest BCUT2D eigenvalue weighted by molar-refractivity contribution is 7.09. The van der Waals surface area contributed by atoms with Crippen LogP contribution in [0.5, 0.6) is 5.75 Å². The molecule has 0 bridgehead atoms. The normalized spacial score (nSPS) is 11.6. The van der Waals surface area contributed by atoms with Crippen LogP contribution >= 0.6 is 34.5 Å². The molecule has 0 saturated heterocycles. The summed E-state index contributed by atoms with van der Waals surface area (Å²) in [5, 5.41) is 6.25. The van der Waals surface area contributed by atoms with Gasteiger partial charge in [-0.3, -0.25) is 4.79 Å². The van der Waals surface area contributed by atoms with E-state index in [1.165, 1.54) is 13.0 Å². The van der Waals surface area contributed by atoms with Crippen LogP contribution in [0.15, 0.2) is 47.8 Å². The van der Waals surface area contributed by atoms with Gasteiger partial charge in [-0.15, -0.1) is 11.3 Å². The largest absolute Gasteiger partial charge is 0.487 e. The lowest BCUT2D eigenvalue weighted by Gasteiger charge is -2.14. The Balaban J connectivity index is 1.54. The maximum Gasteiger partial charge on any atom is 0.338 e. The third-order valence-corrected chi connectivity index (χ3v) is 5.37. The maximum atomic E-state index is 12.3. The average Bonchev–Trinajstić information content (AvgIpc) is 3.14. The van der Waals surface area contributed by atoms with Crippen LogP contribution in [0.2, 0.25) is 10.0 Å². The summed E-state index contributed by atoms with van der Waals surface area (Å²) in [6.45, 7) is 3.75. The first-order chi connectivity index (χ1) is 14.3. The van der Waals surface area contributed by atoms with Gasteiger partial charge in [0.1, 0.15) is 12.4 Å². The van der Waals surface area contributed by atoms with E-state index in [1.807, 2.05) is 12.3 Å². The lowest BCUT2D eigenvalue weighted by atomic mass is 10.2. The Labute approximate surface area is 187 Å². The van der Waals surface area contributed by atoms with Crippen LogP contribution in [0, 0.1) is 6.92 Å². The van der Waals surface area contributed by atoms with E-state index in [0.717, 1.165) is 10.7 Å². The molecule has 0 radical (unpaired) electrons. The highest BCUT2D eigenvalue weighted by atomic mass is 35.5. The standard InChI is InChI=1S/C21H18Cl2N2O4S/c1-12(20(26)25-19-9-15(22)5-8-18(19)23)29-21(27)14-3-6-17(7-4-14)28-10-16-11-30-13(2)24-16/h3-9,11-12H,10H2,1-2H3,(H,25,26). The highest BCUT2D eigenvalue weighted by Gasteiger charge is 2.20. The van der Waals surface area contributed by atoms with Crippen molar-refractivity contribution in [3.8, 4) is 5.75 Å². The van der Waals surface area contributed by atoms with Gasteiger partial charge in [0.05, 0.1) is 27.0 Å². The molecule has 9 heteroatoms. The molecule has 1 heterocycles. The highest BCUT2D eigenvalue weighted by Crippen LogP contribution is 2.25. The molecular formula is C21H18Cl2N2O4S. The van der Waals surface area contributed by atoms with Crippen LogP contribution in [-0.2, 0) is 16.1 Å². The number of thiazole rings is 1. The molecular weight excluding hydrogens is 447 g/mol. The predicted octanol–water partition coefficient (Wildman–Crippen LogP) is 5.52. The van der Waals surface area contributed by atoms with Crippen molar-refractivity contribution in [3.05, 3.63) is 74.2 Å². The van der Waals surface area contributed by atoms with Gasteiger partial charge in [0.2, 0.25) is 0 Å². The van der Waals surface area contributed by atoms with Crippen LogP contribution in [0.25, 0.3) is 0 Å². The summed E-state index contributed by atoms with van der Waals surface area (Å²) in [7, 11) is 0. The van der Waals surface area contributed by atoms with E-state index in [2.05, 4.69) is 10.3 Å². The Bertz CT molecular complexity index is 1050. The third kappa shape index (κ3) is 5.95. The summed E-state index contributed by atoms with van der Waals surface area (Å²) >= 11 is 13.5. The Morgan fingerprint density at radius 1 is 1.17 bits per heavy atom. The number of aryl methyl sites for hydroxylation is 1. The zero-order valence-electron chi connectivity index (χ0n) is 16.1. The number of rotatable bonds is 7. The topological polar surface area (TPSA) is 77.5 Å². The SMILES string of the molecule is Cc1nc(COc2ccc(C(=O)OC(C)C(=O)Nc3cc(Cl)ccc3Cl)cc2)cs1. The van der Waals surface area contributed by atoms with Crippen molar-refractivity contribution >= 4 is 52.1 Å². The molecule has 0 fully saturated rings. The Kier molecular flexibility index (Phi) is 7.31. The van der Waals surface area contributed by atoms with E-state index in [9.17, 15) is 9.59 Å². The molecule has 1 N–H and O–H groups in total. The molecule has 1 unspecified atom stereocenters. The number of aromatic nitrogens is 1. The van der Waals surface area contributed by atoms with Crippen molar-refractivity contribution in [2.24, 2.45) is 0 Å². The number of benzene rings is 2. The van der Waals surface area contributed by atoms with E-state index in [4.69, 9.17) is 32.7 Å². The van der Waals surface area contributed by atoms with Gasteiger partial charge in [0.15, 0.2) is 6.10 Å². The molecule has 0 spiro atoms. The smallest absolute Gasteiger partial charge is 0.338 e. The number of esters is 1. The zero-order valence-corrected chi connectivity index (χ0v) is 18.5. The van der Waals surface area contributed by atoms with Gasteiger partial charge in [-0.1, -0.05) is 23.2 Å². The van der Waals surface area contributed by atoms with Gasteiger partial charge < -0.3 is 14.8 Å². The number of carbonyl (C=O) groups excluding carboxylic acids is 2. The summed E-state index contributed by atoms with van der Waals surface area (Å²) in [4.78, 5) is 29.0. The van der Waals surface area contributed by atoms with Gasteiger partial charge in [0.25, 0.3) is 5.91 Å². The fourth-order valence-corrected chi connectivity index (χ4v) is 3.36. The average molecular weight is 465 g/mol. The number of ether oxygens (including phenoxy) is 2. The van der Waals surface area contributed by atoms with Crippen molar-refractivity contribution in [1.29, 1.82) is 0 Å². The van der Waals surface area contributed by atoms with Crippen LogP contribution in [0.1, 0.15) is 28.0 Å². The monoisotopic (exact) mass is 464 g/mol. The molecule has 6 nitrogen and oxygen atoms in total. The van der Waals surface area contributed by atoms with Crippen LogP contribution in [0.3, 0.4) is 0 Å². The fraction of sp³-hybridized carbons (Fsp3) is 0.190. The molecule has 1 amide bonds. The summed E-state index contributed by atoms with van der Waals surface area (Å²) in [5.41, 5.74) is 1.49. The molecule has 1 atom stereocenters. The summed E-state index contributed by atoms with van der Waals surface area (Å²) < 4.78 is 10.9. The van der Waals surface area contributed by atoms with Gasteiger partial charge >= 0.3 is 5.97 Å². The minimum absolute atomic E-state index is 0.298. The van der Waals surface area contributed by atoms with E-state index in [-0.39, 0.29) is 0 Å². The number of hydrogen-bond acceptors (Lipinski definition) is 6. The number of carbonyl (C=O) groups is 2. The first kappa shape index (κ1) is 22.1. The third-order valence-electron chi connectivity index (χ3n) is 3.98. The number of nitrogens with zero attached hydrogens (tertiary/aromatic N) is 1. The number of nitrogens with one attached hydrogen (secondary N) is 1. The summed E-state index contributed by atoms with van der Waals surface area (Å²) in [5.74, 6) is -0.555. The van der Waals surface area contributed by atoms with Crippen LogP contribution in [0.4, 0.5) is 5.69 Å². The Morgan fingerprint density at radius 2 is 1.90 bits per heavy atom. The van der Waals surface area contributed by atoms with Gasteiger partial charge in [-0.25, -0.2) is 9.78 Å². The van der Waals surface area contributed by atoms with Crippen LogP contribution in [-0.4, -0.2) is 23.0 Å². The molecule has 30 heavy (non-hydrogen) atoms. The van der Waals surface area contributed by atoms with Crippen LogP contribution < -0.4 is 10.1 Å². The maximum absolute atomic E-state index is 12.3. The molecule has 0 saturated carbocycles. The molecule has 1 aromatic heterocycles. The zero-order chi connectivity index (χ0) is 21.7. The first-order valence-electron chi connectivity index (χ1n) is 8.92. The van der Waals surface area contributed by atoms with E-state index >= 15 is 0 Å². The molecule has 3 aromatic rings. The molecule has 0 aliphatic carbocycles. The second kappa shape index (κ2) is 9.93. The number of anilines is 1. The fourth-order valence-electron chi connectivity index (χ4n) is 2.43. The van der Waals surface area contributed by atoms with E-state index < -0.39 is 18.0 Å². The molecule has 156 valence electrons. The second-order valence-electron chi connectivity index (χ2n) is 6.33. The van der Waals surface area contributed by atoms with Crippen molar-refractivity contribution in [3.63, 3.8) is 0 Å². The predicted molar refractivity (Wildman–Crippen MR) is 118 cm³/mol. The molecule has 0 aliphatic heterocycles. The van der Waals surface area contributed by atoms with Crippen molar-refractivity contribution in [2.45, 2.75) is 26.6 Å². The quantitative estimate of drug-likeness (QED) is 0.465. The van der Waals surface area contributed by atoms with E-state index in [1.54, 1.807) is 47.7 Å². The van der Waals surface area contributed by atoms with Crippen molar-refractivity contribution in [1.82, 2.24) is 4.98 Å². The minimum atomic E-state index is -1.03. The molecule has 0 aliphatic rings. The number of hydrogen-bond donors (Lipinski definition) is 1.